The number of rotatable bonds is 6. The number of sulfonamides is 1. The van der Waals surface area contributed by atoms with E-state index in [0.717, 1.165) is 11.8 Å². The summed E-state index contributed by atoms with van der Waals surface area (Å²) in [6.07, 6.45) is 1.74. The summed E-state index contributed by atoms with van der Waals surface area (Å²) in [5.41, 5.74) is 1.74. The van der Waals surface area contributed by atoms with Crippen molar-refractivity contribution in [2.24, 2.45) is 0 Å². The minimum Gasteiger partial charge on any atom is -0.326 e. The molecule has 2 N–H and O–H groups in total. The van der Waals surface area contributed by atoms with Crippen molar-refractivity contribution in [1.82, 2.24) is 0 Å². The summed E-state index contributed by atoms with van der Waals surface area (Å²) < 4.78 is 37.6. The Balaban J connectivity index is 1.87. The lowest BCUT2D eigenvalue weighted by Gasteiger charge is -2.07. The van der Waals surface area contributed by atoms with Gasteiger partial charge in [0, 0.05) is 17.8 Å². The maximum Gasteiger partial charge on any atom is 0.229 e. The van der Waals surface area contributed by atoms with Crippen LogP contribution in [-0.2, 0) is 21.2 Å². The highest BCUT2D eigenvalue weighted by Crippen LogP contribution is 2.15. The molecule has 0 spiro atoms. The highest BCUT2D eigenvalue weighted by molar-refractivity contribution is 7.92. The fourth-order valence-electron chi connectivity index (χ4n) is 2.01. The van der Waals surface area contributed by atoms with Crippen LogP contribution in [0.1, 0.15) is 12.0 Å². The molecule has 7 heteroatoms. The van der Waals surface area contributed by atoms with Crippen LogP contribution in [0.3, 0.4) is 0 Å². The molecule has 0 fully saturated rings. The number of aryl methyl sites for hydroxylation is 1. The third kappa shape index (κ3) is 6.07. The lowest BCUT2D eigenvalue weighted by atomic mass is 10.1. The first-order chi connectivity index (χ1) is 10.8. The first-order valence-corrected chi connectivity index (χ1v) is 8.83. The van der Waals surface area contributed by atoms with Gasteiger partial charge in [0.15, 0.2) is 0 Å². The maximum absolute atomic E-state index is 13.0. The summed E-state index contributed by atoms with van der Waals surface area (Å²) in [6, 6.07) is 12.5. The van der Waals surface area contributed by atoms with E-state index in [1.165, 1.54) is 12.1 Å². The SMILES string of the molecule is CS(=O)(=O)Nc1ccc(NC(=O)CCc2cccc(F)c2)cc1. The Labute approximate surface area is 134 Å². The van der Waals surface area contributed by atoms with Crippen LogP contribution >= 0.6 is 0 Å². The van der Waals surface area contributed by atoms with Crippen molar-refractivity contribution in [1.29, 1.82) is 0 Å². The first-order valence-electron chi connectivity index (χ1n) is 6.94. The van der Waals surface area contributed by atoms with Crippen molar-refractivity contribution in [3.05, 3.63) is 59.9 Å². The van der Waals surface area contributed by atoms with Crippen molar-refractivity contribution in [2.75, 3.05) is 16.3 Å². The number of hydrogen-bond donors (Lipinski definition) is 2. The van der Waals surface area contributed by atoms with Gasteiger partial charge in [0.2, 0.25) is 15.9 Å². The fraction of sp³-hybridized carbons (Fsp3) is 0.188. The van der Waals surface area contributed by atoms with Crippen LogP contribution in [0.15, 0.2) is 48.5 Å². The normalized spacial score (nSPS) is 11.0. The first kappa shape index (κ1) is 17.0. The summed E-state index contributed by atoms with van der Waals surface area (Å²) in [5, 5.41) is 2.71. The minimum atomic E-state index is -3.32. The molecule has 122 valence electrons. The van der Waals surface area contributed by atoms with E-state index in [9.17, 15) is 17.6 Å². The van der Waals surface area contributed by atoms with Crippen molar-refractivity contribution in [3.63, 3.8) is 0 Å². The van der Waals surface area contributed by atoms with Gasteiger partial charge in [0.25, 0.3) is 0 Å². The highest BCUT2D eigenvalue weighted by Gasteiger charge is 2.05. The predicted molar refractivity (Wildman–Crippen MR) is 88.3 cm³/mol. The summed E-state index contributed by atoms with van der Waals surface area (Å²) in [7, 11) is -3.32. The van der Waals surface area contributed by atoms with E-state index < -0.39 is 10.0 Å². The molecule has 2 rings (SSSR count). The summed E-state index contributed by atoms with van der Waals surface area (Å²) >= 11 is 0. The second kappa shape index (κ2) is 7.23. The number of benzene rings is 2. The molecule has 5 nitrogen and oxygen atoms in total. The monoisotopic (exact) mass is 336 g/mol. The Morgan fingerprint density at radius 3 is 2.35 bits per heavy atom. The molecule has 0 unspecified atom stereocenters. The van der Waals surface area contributed by atoms with Gasteiger partial charge in [0.05, 0.1) is 6.26 Å². The Morgan fingerprint density at radius 2 is 1.74 bits per heavy atom. The number of nitrogens with one attached hydrogen (secondary N) is 2. The fourth-order valence-corrected chi connectivity index (χ4v) is 2.57. The van der Waals surface area contributed by atoms with E-state index >= 15 is 0 Å². The summed E-state index contributed by atoms with van der Waals surface area (Å²) in [6.45, 7) is 0. The Kier molecular flexibility index (Phi) is 5.33. The van der Waals surface area contributed by atoms with Gasteiger partial charge in [-0.25, -0.2) is 12.8 Å². The molecule has 1 amide bonds. The maximum atomic E-state index is 13.0. The molecule has 0 atom stereocenters. The molecule has 0 heterocycles. The number of anilines is 2. The van der Waals surface area contributed by atoms with Crippen LogP contribution in [0.25, 0.3) is 0 Å². The zero-order valence-corrected chi connectivity index (χ0v) is 13.4. The van der Waals surface area contributed by atoms with Crippen LogP contribution in [-0.4, -0.2) is 20.6 Å². The van der Waals surface area contributed by atoms with Gasteiger partial charge in [0.1, 0.15) is 5.82 Å². The second-order valence-electron chi connectivity index (χ2n) is 5.13. The molecule has 2 aromatic carbocycles. The van der Waals surface area contributed by atoms with E-state index in [1.807, 2.05) is 0 Å². The van der Waals surface area contributed by atoms with E-state index in [-0.39, 0.29) is 18.1 Å². The number of halogens is 1. The zero-order valence-electron chi connectivity index (χ0n) is 12.5. The smallest absolute Gasteiger partial charge is 0.229 e. The number of hydrogen-bond acceptors (Lipinski definition) is 3. The molecule has 0 bridgehead atoms. The van der Waals surface area contributed by atoms with E-state index in [4.69, 9.17) is 0 Å². The quantitative estimate of drug-likeness (QED) is 0.852. The molecule has 0 aromatic heterocycles. The molecule has 0 aliphatic rings. The summed E-state index contributed by atoms with van der Waals surface area (Å²) in [5.74, 6) is -0.519. The van der Waals surface area contributed by atoms with E-state index in [1.54, 1.807) is 36.4 Å². The third-order valence-electron chi connectivity index (χ3n) is 3.00. The second-order valence-corrected chi connectivity index (χ2v) is 6.88. The van der Waals surface area contributed by atoms with Gasteiger partial charge in [-0.1, -0.05) is 12.1 Å². The van der Waals surface area contributed by atoms with Gasteiger partial charge in [-0.3, -0.25) is 9.52 Å². The molecular formula is C16H17FN2O3S. The van der Waals surface area contributed by atoms with Gasteiger partial charge in [-0.15, -0.1) is 0 Å². The standard InChI is InChI=1S/C16H17FN2O3S/c1-23(21,22)19-15-8-6-14(7-9-15)18-16(20)10-5-12-3-2-4-13(17)11-12/h2-4,6-9,11,19H,5,10H2,1H3,(H,18,20). The topological polar surface area (TPSA) is 75.3 Å². The van der Waals surface area contributed by atoms with Crippen molar-refractivity contribution < 1.29 is 17.6 Å². The molecule has 0 aliphatic carbocycles. The van der Waals surface area contributed by atoms with Crippen molar-refractivity contribution in [2.45, 2.75) is 12.8 Å². The van der Waals surface area contributed by atoms with E-state index in [0.29, 0.717) is 17.8 Å². The number of amides is 1. The Hall–Kier alpha value is -2.41. The van der Waals surface area contributed by atoms with Gasteiger partial charge < -0.3 is 5.32 Å². The molecular weight excluding hydrogens is 319 g/mol. The largest absolute Gasteiger partial charge is 0.326 e. The third-order valence-corrected chi connectivity index (χ3v) is 3.61. The number of carbonyl (C=O) groups excluding carboxylic acids is 1. The Bertz CT molecular complexity index is 789. The van der Waals surface area contributed by atoms with Crippen LogP contribution in [0.4, 0.5) is 15.8 Å². The van der Waals surface area contributed by atoms with Crippen molar-refractivity contribution in [3.8, 4) is 0 Å². The van der Waals surface area contributed by atoms with Crippen LogP contribution < -0.4 is 10.0 Å². The molecule has 0 aliphatic heterocycles. The van der Waals surface area contributed by atoms with Gasteiger partial charge in [-0.05, 0) is 48.4 Å². The molecule has 23 heavy (non-hydrogen) atoms. The predicted octanol–water partition coefficient (Wildman–Crippen LogP) is 2.77. The highest BCUT2D eigenvalue weighted by atomic mass is 32.2. The van der Waals surface area contributed by atoms with Crippen LogP contribution in [0, 0.1) is 5.82 Å². The minimum absolute atomic E-state index is 0.196. The Morgan fingerprint density at radius 1 is 1.09 bits per heavy atom. The zero-order chi connectivity index (χ0) is 16.9. The van der Waals surface area contributed by atoms with Crippen molar-refractivity contribution >= 4 is 27.3 Å². The van der Waals surface area contributed by atoms with Crippen LogP contribution in [0.2, 0.25) is 0 Å². The van der Waals surface area contributed by atoms with Gasteiger partial charge >= 0.3 is 0 Å². The molecule has 0 radical (unpaired) electrons. The molecule has 0 saturated carbocycles. The molecule has 0 saturated heterocycles. The van der Waals surface area contributed by atoms with E-state index in [2.05, 4.69) is 10.0 Å². The lowest BCUT2D eigenvalue weighted by molar-refractivity contribution is -0.116. The average Bonchev–Trinajstić information content (AvgIpc) is 2.46. The average molecular weight is 336 g/mol. The van der Waals surface area contributed by atoms with Crippen LogP contribution in [0.5, 0.6) is 0 Å². The van der Waals surface area contributed by atoms with Gasteiger partial charge in [-0.2, -0.15) is 0 Å². The number of carbonyl (C=O) groups is 1. The summed E-state index contributed by atoms with van der Waals surface area (Å²) in [4.78, 5) is 11.9. The lowest BCUT2D eigenvalue weighted by Crippen LogP contribution is -2.13. The molecule has 2 aromatic rings.